The number of halogens is 2. The van der Waals surface area contributed by atoms with Gasteiger partial charge in [0.15, 0.2) is 6.10 Å². The first-order chi connectivity index (χ1) is 6.56. The topological polar surface area (TPSA) is 46.5 Å². The number of rotatable bonds is 2. The first-order valence-corrected chi connectivity index (χ1v) is 4.52. The van der Waals surface area contributed by atoms with Crippen molar-refractivity contribution in [1.29, 1.82) is 0 Å². The van der Waals surface area contributed by atoms with Crippen LogP contribution in [0.5, 0.6) is 0 Å². The van der Waals surface area contributed by atoms with Crippen molar-refractivity contribution in [3.8, 4) is 0 Å². The Hall–Kier alpha value is -0.770. The Kier molecular flexibility index (Phi) is 3.75. The van der Waals surface area contributed by atoms with Crippen LogP contribution in [-0.2, 0) is 9.53 Å². The van der Waals surface area contributed by atoms with E-state index >= 15 is 0 Å². The Morgan fingerprint density at radius 1 is 1.50 bits per heavy atom. The van der Waals surface area contributed by atoms with Crippen LogP contribution in [-0.4, -0.2) is 18.2 Å². The summed E-state index contributed by atoms with van der Waals surface area (Å²) >= 11 is 11.4. The van der Waals surface area contributed by atoms with E-state index in [1.807, 2.05) is 0 Å². The van der Waals surface area contributed by atoms with Crippen LogP contribution in [0.25, 0.3) is 0 Å². The average Bonchev–Trinajstić information content (AvgIpc) is 2.15. The fourth-order valence-corrected chi connectivity index (χ4v) is 1.47. The molecule has 1 atom stereocenters. The molecule has 1 rings (SSSR count). The summed E-state index contributed by atoms with van der Waals surface area (Å²) in [7, 11) is 1.19. The van der Waals surface area contributed by atoms with E-state index < -0.39 is 12.1 Å². The van der Waals surface area contributed by atoms with E-state index in [2.05, 4.69) is 4.74 Å². The Labute approximate surface area is 91.2 Å². The summed E-state index contributed by atoms with van der Waals surface area (Å²) in [6.07, 6.45) is -1.37. The van der Waals surface area contributed by atoms with Crippen LogP contribution in [0, 0.1) is 0 Å². The lowest BCUT2D eigenvalue weighted by atomic mass is 10.1. The maximum absolute atomic E-state index is 11.0. The second-order valence-electron chi connectivity index (χ2n) is 2.59. The van der Waals surface area contributed by atoms with Crippen molar-refractivity contribution in [2.24, 2.45) is 0 Å². The molecule has 14 heavy (non-hydrogen) atoms. The quantitative estimate of drug-likeness (QED) is 0.799. The molecule has 0 bridgehead atoms. The molecule has 0 aliphatic carbocycles. The van der Waals surface area contributed by atoms with E-state index in [9.17, 15) is 9.90 Å². The third-order valence-corrected chi connectivity index (χ3v) is 2.24. The zero-order valence-electron chi connectivity index (χ0n) is 7.33. The molecule has 0 radical (unpaired) electrons. The Morgan fingerprint density at radius 3 is 2.64 bits per heavy atom. The minimum atomic E-state index is -1.37. The summed E-state index contributed by atoms with van der Waals surface area (Å²) in [5.41, 5.74) is 0.280. The molecule has 0 spiro atoms. The van der Waals surface area contributed by atoms with Crippen molar-refractivity contribution >= 4 is 29.2 Å². The second-order valence-corrected chi connectivity index (χ2v) is 3.44. The predicted molar refractivity (Wildman–Crippen MR) is 53.4 cm³/mol. The lowest BCUT2D eigenvalue weighted by Gasteiger charge is -2.10. The molecular formula is C9H8Cl2O3. The van der Waals surface area contributed by atoms with Gasteiger partial charge >= 0.3 is 5.97 Å². The summed E-state index contributed by atoms with van der Waals surface area (Å²) in [6, 6.07) is 4.46. The number of methoxy groups -OCH3 is 1. The molecule has 1 aromatic carbocycles. The number of benzene rings is 1. The molecule has 1 N–H and O–H groups in total. The number of carbonyl (C=O) groups is 1. The molecule has 0 saturated carbocycles. The normalized spacial score (nSPS) is 12.3. The van der Waals surface area contributed by atoms with Crippen LogP contribution in [0.4, 0.5) is 0 Å². The average molecular weight is 235 g/mol. The monoisotopic (exact) mass is 234 g/mol. The predicted octanol–water partition coefficient (Wildman–Crippen LogP) is 2.20. The SMILES string of the molecule is COC(=O)[C@H](O)c1ccc(Cl)cc1Cl. The van der Waals surface area contributed by atoms with Gasteiger partial charge in [-0.1, -0.05) is 29.3 Å². The van der Waals surface area contributed by atoms with Gasteiger partial charge < -0.3 is 9.84 Å². The van der Waals surface area contributed by atoms with Gasteiger partial charge in [0.2, 0.25) is 0 Å². The Bertz CT molecular complexity index is 352. The first-order valence-electron chi connectivity index (χ1n) is 3.77. The van der Waals surface area contributed by atoms with E-state index in [1.165, 1.54) is 25.3 Å². The van der Waals surface area contributed by atoms with E-state index in [0.717, 1.165) is 0 Å². The van der Waals surface area contributed by atoms with Gasteiger partial charge in [0, 0.05) is 15.6 Å². The van der Waals surface area contributed by atoms with Gasteiger partial charge in [0.25, 0.3) is 0 Å². The molecule has 1 aromatic rings. The number of hydrogen-bond donors (Lipinski definition) is 1. The highest BCUT2D eigenvalue weighted by Crippen LogP contribution is 2.26. The van der Waals surface area contributed by atoms with Crippen LogP contribution >= 0.6 is 23.2 Å². The van der Waals surface area contributed by atoms with Gasteiger partial charge in [-0.05, 0) is 12.1 Å². The van der Waals surface area contributed by atoms with Crippen molar-refractivity contribution in [3.05, 3.63) is 33.8 Å². The summed E-state index contributed by atoms with van der Waals surface area (Å²) in [4.78, 5) is 11.0. The van der Waals surface area contributed by atoms with Crippen LogP contribution in [0.2, 0.25) is 10.0 Å². The molecule has 0 aliphatic heterocycles. The van der Waals surface area contributed by atoms with E-state index in [0.29, 0.717) is 5.02 Å². The summed E-state index contributed by atoms with van der Waals surface area (Å²) < 4.78 is 4.37. The zero-order valence-corrected chi connectivity index (χ0v) is 8.84. The van der Waals surface area contributed by atoms with Crippen LogP contribution in [0.15, 0.2) is 18.2 Å². The molecule has 0 heterocycles. The number of aliphatic hydroxyl groups is 1. The number of carbonyl (C=O) groups excluding carboxylic acids is 1. The fraction of sp³-hybridized carbons (Fsp3) is 0.222. The number of ether oxygens (including phenoxy) is 1. The van der Waals surface area contributed by atoms with E-state index in [4.69, 9.17) is 23.2 Å². The van der Waals surface area contributed by atoms with Crippen LogP contribution in [0.3, 0.4) is 0 Å². The molecule has 0 amide bonds. The van der Waals surface area contributed by atoms with Gasteiger partial charge in [-0.2, -0.15) is 0 Å². The highest BCUT2D eigenvalue weighted by molar-refractivity contribution is 6.35. The van der Waals surface area contributed by atoms with Crippen molar-refractivity contribution in [2.45, 2.75) is 6.10 Å². The minimum Gasteiger partial charge on any atom is -0.467 e. The van der Waals surface area contributed by atoms with E-state index in [-0.39, 0.29) is 10.6 Å². The molecule has 76 valence electrons. The van der Waals surface area contributed by atoms with Crippen molar-refractivity contribution in [2.75, 3.05) is 7.11 Å². The molecule has 5 heteroatoms. The maximum Gasteiger partial charge on any atom is 0.339 e. The summed E-state index contributed by atoms with van der Waals surface area (Å²) in [5.74, 6) is -0.755. The third kappa shape index (κ3) is 2.38. The first kappa shape index (κ1) is 11.3. The Balaban J connectivity index is 3.01. The number of esters is 1. The lowest BCUT2D eigenvalue weighted by molar-refractivity contribution is -0.150. The zero-order chi connectivity index (χ0) is 10.7. The standard InChI is InChI=1S/C9H8Cl2O3/c1-14-9(13)8(12)6-3-2-5(10)4-7(6)11/h2-4,8,12H,1H3/t8-/m1/s1. The minimum absolute atomic E-state index is 0.232. The van der Waals surface area contributed by atoms with Crippen LogP contribution in [0.1, 0.15) is 11.7 Å². The fourth-order valence-electron chi connectivity index (χ4n) is 0.962. The highest BCUT2D eigenvalue weighted by atomic mass is 35.5. The molecule has 0 unspecified atom stereocenters. The molecular weight excluding hydrogens is 227 g/mol. The van der Waals surface area contributed by atoms with Crippen molar-refractivity contribution < 1.29 is 14.6 Å². The van der Waals surface area contributed by atoms with E-state index in [1.54, 1.807) is 0 Å². The number of aliphatic hydroxyl groups excluding tert-OH is 1. The second kappa shape index (κ2) is 4.64. The molecule has 0 fully saturated rings. The largest absolute Gasteiger partial charge is 0.467 e. The number of hydrogen-bond acceptors (Lipinski definition) is 3. The molecule has 0 aromatic heterocycles. The van der Waals surface area contributed by atoms with Gasteiger partial charge in [-0.15, -0.1) is 0 Å². The molecule has 0 saturated heterocycles. The van der Waals surface area contributed by atoms with Gasteiger partial charge in [-0.3, -0.25) is 0 Å². The van der Waals surface area contributed by atoms with Crippen molar-refractivity contribution in [1.82, 2.24) is 0 Å². The molecule has 0 aliphatic rings. The third-order valence-electron chi connectivity index (χ3n) is 1.68. The summed E-state index contributed by atoms with van der Waals surface area (Å²) in [5, 5.41) is 10.1. The Morgan fingerprint density at radius 2 is 2.14 bits per heavy atom. The van der Waals surface area contributed by atoms with Gasteiger partial charge in [0.05, 0.1) is 7.11 Å². The van der Waals surface area contributed by atoms with Gasteiger partial charge in [0.1, 0.15) is 0 Å². The van der Waals surface area contributed by atoms with Gasteiger partial charge in [-0.25, -0.2) is 4.79 Å². The smallest absolute Gasteiger partial charge is 0.339 e. The maximum atomic E-state index is 11.0. The lowest BCUT2D eigenvalue weighted by Crippen LogP contribution is -2.13. The summed E-state index contributed by atoms with van der Waals surface area (Å²) in [6.45, 7) is 0. The molecule has 3 nitrogen and oxygen atoms in total. The van der Waals surface area contributed by atoms with Crippen LogP contribution < -0.4 is 0 Å². The van der Waals surface area contributed by atoms with Crippen molar-refractivity contribution in [3.63, 3.8) is 0 Å². The highest BCUT2D eigenvalue weighted by Gasteiger charge is 2.20.